The van der Waals surface area contributed by atoms with Gasteiger partial charge in [-0.05, 0) is 36.8 Å². The predicted octanol–water partition coefficient (Wildman–Crippen LogP) is 3.30. The molecule has 2 aromatic carbocycles. The fraction of sp³-hybridized carbons (Fsp3) is 0.444. The van der Waals surface area contributed by atoms with E-state index < -0.39 is 68.1 Å². The summed E-state index contributed by atoms with van der Waals surface area (Å²) in [6.07, 6.45) is 2.15. The Balaban J connectivity index is 1.31. The van der Waals surface area contributed by atoms with Crippen LogP contribution in [-0.2, 0) is 24.4 Å². The Morgan fingerprint density at radius 1 is 1.12 bits per heavy atom. The van der Waals surface area contributed by atoms with E-state index in [4.69, 9.17) is 20.2 Å². The van der Waals surface area contributed by atoms with Crippen molar-refractivity contribution in [3.8, 4) is 22.8 Å². The quantitative estimate of drug-likeness (QED) is 0.256. The standard InChI is InChI=1S/C36H43N5O7S/c1-6-22-19-36(22,34(44)40-49(45,46)25-13-14-25)39-32(42)29-17-24(20-41(29)33(43)31(37)35(2,3)4)48-30-18-27(21-10-8-7-9-11-21)38-28-16-23(47-5)12-15-26(28)30/h6-12,15-16,18,22,24-25,29,31H,1,13-14,17,19-20,37H2,2-5H3,(H,39,42)(H,40,44)/t22-,24-,29?,31-,36?/m1/s1. The molecule has 1 saturated heterocycles. The maximum absolute atomic E-state index is 14.1. The molecule has 3 amide bonds. The monoisotopic (exact) mass is 689 g/mol. The maximum atomic E-state index is 14.1. The van der Waals surface area contributed by atoms with Crippen molar-refractivity contribution in [2.24, 2.45) is 17.1 Å². The number of carbonyl (C=O) groups excluding carboxylic acids is 3. The normalized spacial score (nSPS) is 24.2. The van der Waals surface area contributed by atoms with Crippen LogP contribution in [-0.4, -0.2) is 78.7 Å². The Morgan fingerprint density at radius 3 is 2.45 bits per heavy atom. The van der Waals surface area contributed by atoms with Gasteiger partial charge < -0.3 is 25.4 Å². The lowest BCUT2D eigenvalue weighted by atomic mass is 9.86. The van der Waals surface area contributed by atoms with Crippen molar-refractivity contribution in [1.29, 1.82) is 0 Å². The van der Waals surface area contributed by atoms with Crippen molar-refractivity contribution in [3.63, 3.8) is 0 Å². The lowest BCUT2D eigenvalue weighted by Gasteiger charge is -2.33. The zero-order valence-corrected chi connectivity index (χ0v) is 29.0. The van der Waals surface area contributed by atoms with Crippen molar-refractivity contribution >= 4 is 38.6 Å². The molecule has 2 heterocycles. The van der Waals surface area contributed by atoms with Gasteiger partial charge in [-0.3, -0.25) is 19.1 Å². The average molecular weight is 690 g/mol. The molecule has 0 radical (unpaired) electrons. The highest BCUT2D eigenvalue weighted by molar-refractivity contribution is 7.91. The predicted molar refractivity (Wildman–Crippen MR) is 185 cm³/mol. The molecule has 1 aromatic heterocycles. The molecule has 1 aliphatic heterocycles. The number of aromatic nitrogens is 1. The lowest BCUT2D eigenvalue weighted by Crippen LogP contribution is -2.59. The van der Waals surface area contributed by atoms with E-state index >= 15 is 0 Å². The summed E-state index contributed by atoms with van der Waals surface area (Å²) in [7, 11) is -2.28. The number of amides is 3. The summed E-state index contributed by atoms with van der Waals surface area (Å²) in [5.74, 6) is -1.17. The summed E-state index contributed by atoms with van der Waals surface area (Å²) in [5.41, 5.74) is 6.52. The van der Waals surface area contributed by atoms with E-state index in [1.807, 2.05) is 75.4 Å². The van der Waals surface area contributed by atoms with Gasteiger partial charge in [0.2, 0.25) is 21.8 Å². The number of nitrogens with one attached hydrogen (secondary N) is 2. The first-order valence-corrected chi connectivity index (χ1v) is 18.0. The zero-order chi connectivity index (χ0) is 35.3. The third-order valence-corrected chi connectivity index (χ3v) is 11.5. The maximum Gasteiger partial charge on any atom is 0.259 e. The number of nitrogens with two attached hydrogens (primary N) is 1. The second-order valence-corrected chi connectivity index (χ2v) is 16.2. The third-order valence-electron chi connectivity index (χ3n) is 9.64. The Morgan fingerprint density at radius 2 is 1.84 bits per heavy atom. The lowest BCUT2D eigenvalue weighted by molar-refractivity contribution is -0.142. The molecule has 49 heavy (non-hydrogen) atoms. The largest absolute Gasteiger partial charge is 0.497 e. The van der Waals surface area contributed by atoms with Gasteiger partial charge in [-0.15, -0.1) is 6.58 Å². The average Bonchev–Trinajstić information content (AvgIpc) is 4.00. The number of fused-ring (bicyclic) bond motifs is 1. The van der Waals surface area contributed by atoms with Crippen LogP contribution in [0.4, 0.5) is 0 Å². The molecule has 4 N–H and O–H groups in total. The fourth-order valence-electron chi connectivity index (χ4n) is 6.28. The first-order chi connectivity index (χ1) is 23.2. The molecule has 0 spiro atoms. The van der Waals surface area contributed by atoms with Gasteiger partial charge in [-0.2, -0.15) is 0 Å². The number of pyridine rings is 1. The first-order valence-electron chi connectivity index (χ1n) is 16.4. The van der Waals surface area contributed by atoms with Crippen LogP contribution in [0.5, 0.6) is 11.5 Å². The molecule has 3 aliphatic rings. The molecule has 6 rings (SSSR count). The molecule has 2 saturated carbocycles. The number of likely N-dealkylation sites (tertiary alicyclic amines) is 1. The SMILES string of the molecule is C=C[C@@H]1CC1(NC(=O)C1C[C@@H](Oc2cc(-c3ccccc3)nc3cc(OC)ccc23)CN1C(=O)[C@@H](N)C(C)(C)C)C(=O)NS(=O)(=O)C1CC1. The Kier molecular flexibility index (Phi) is 8.95. The first kappa shape index (κ1) is 34.4. The van der Waals surface area contributed by atoms with Gasteiger partial charge in [0, 0.05) is 35.4 Å². The number of ether oxygens (including phenoxy) is 2. The van der Waals surface area contributed by atoms with Crippen LogP contribution < -0.4 is 25.2 Å². The van der Waals surface area contributed by atoms with E-state index in [1.165, 1.54) is 11.0 Å². The highest BCUT2D eigenvalue weighted by Crippen LogP contribution is 2.45. The number of sulfonamides is 1. The molecular weight excluding hydrogens is 646 g/mol. The molecule has 0 bridgehead atoms. The molecular formula is C36H43N5O7S. The van der Waals surface area contributed by atoms with Gasteiger partial charge in [-0.1, -0.05) is 57.2 Å². The highest BCUT2D eigenvalue weighted by Gasteiger charge is 2.62. The van der Waals surface area contributed by atoms with Crippen molar-refractivity contribution in [2.45, 2.75) is 75.4 Å². The van der Waals surface area contributed by atoms with Gasteiger partial charge in [0.05, 0.1) is 36.2 Å². The number of hydrogen-bond donors (Lipinski definition) is 3. The molecule has 3 aromatic rings. The molecule has 3 fully saturated rings. The van der Waals surface area contributed by atoms with E-state index in [-0.39, 0.29) is 19.4 Å². The Hall–Kier alpha value is -4.49. The third kappa shape index (κ3) is 6.86. The van der Waals surface area contributed by atoms with Crippen molar-refractivity contribution in [1.82, 2.24) is 19.9 Å². The van der Waals surface area contributed by atoms with E-state index in [0.717, 1.165) is 10.9 Å². The number of methoxy groups -OCH3 is 1. The zero-order valence-electron chi connectivity index (χ0n) is 28.1. The number of benzene rings is 2. The summed E-state index contributed by atoms with van der Waals surface area (Å²) < 4.78 is 39.5. The van der Waals surface area contributed by atoms with Gasteiger partial charge in [0.25, 0.3) is 5.91 Å². The van der Waals surface area contributed by atoms with Crippen LogP contribution in [0.3, 0.4) is 0 Å². The van der Waals surface area contributed by atoms with Crippen LogP contribution in [0.15, 0.2) is 67.3 Å². The molecule has 12 nitrogen and oxygen atoms in total. The Labute approximate surface area is 286 Å². The van der Waals surface area contributed by atoms with E-state index in [9.17, 15) is 22.8 Å². The number of rotatable bonds is 11. The summed E-state index contributed by atoms with van der Waals surface area (Å²) in [6, 6.07) is 15.0. The molecule has 2 unspecified atom stereocenters. The molecule has 2 aliphatic carbocycles. The summed E-state index contributed by atoms with van der Waals surface area (Å²) >= 11 is 0. The van der Waals surface area contributed by atoms with Gasteiger partial charge >= 0.3 is 0 Å². The Bertz CT molecular complexity index is 1910. The van der Waals surface area contributed by atoms with Crippen LogP contribution in [0.25, 0.3) is 22.2 Å². The minimum Gasteiger partial charge on any atom is -0.497 e. The minimum absolute atomic E-state index is 0.0570. The van der Waals surface area contributed by atoms with Gasteiger partial charge in [0.1, 0.15) is 29.2 Å². The highest BCUT2D eigenvalue weighted by atomic mass is 32.2. The van der Waals surface area contributed by atoms with Crippen molar-refractivity contribution in [3.05, 3.63) is 67.3 Å². The number of hydrogen-bond acceptors (Lipinski definition) is 9. The summed E-state index contributed by atoms with van der Waals surface area (Å²) in [5, 5.41) is 2.92. The van der Waals surface area contributed by atoms with Crippen molar-refractivity contribution in [2.75, 3.05) is 13.7 Å². The number of carbonyl (C=O) groups is 3. The smallest absolute Gasteiger partial charge is 0.259 e. The topological polar surface area (TPSA) is 170 Å². The molecule has 13 heteroatoms. The minimum atomic E-state index is -3.86. The number of nitrogens with zero attached hydrogens (tertiary/aromatic N) is 2. The van der Waals surface area contributed by atoms with Crippen LogP contribution in [0.2, 0.25) is 0 Å². The second-order valence-electron chi connectivity index (χ2n) is 14.3. The van der Waals surface area contributed by atoms with Crippen LogP contribution in [0, 0.1) is 11.3 Å². The van der Waals surface area contributed by atoms with Gasteiger partial charge in [0.15, 0.2) is 0 Å². The summed E-state index contributed by atoms with van der Waals surface area (Å²) in [6.45, 7) is 9.36. The molecule has 260 valence electrons. The van der Waals surface area contributed by atoms with E-state index in [2.05, 4.69) is 16.6 Å². The van der Waals surface area contributed by atoms with E-state index in [1.54, 1.807) is 7.11 Å². The fourth-order valence-corrected chi connectivity index (χ4v) is 7.64. The summed E-state index contributed by atoms with van der Waals surface area (Å²) in [4.78, 5) is 47.6. The van der Waals surface area contributed by atoms with Gasteiger partial charge in [-0.25, -0.2) is 13.4 Å². The second kappa shape index (κ2) is 12.8. The van der Waals surface area contributed by atoms with E-state index in [0.29, 0.717) is 35.6 Å². The molecule has 5 atom stereocenters. The van der Waals surface area contributed by atoms with Crippen LogP contribution >= 0.6 is 0 Å². The van der Waals surface area contributed by atoms with Crippen LogP contribution in [0.1, 0.15) is 46.5 Å². The van der Waals surface area contributed by atoms with Crippen molar-refractivity contribution < 1.29 is 32.3 Å².